The first-order valence-corrected chi connectivity index (χ1v) is 6.67. The second-order valence-corrected chi connectivity index (χ2v) is 5.66. The molecule has 1 aromatic carbocycles. The van der Waals surface area contributed by atoms with E-state index in [2.05, 4.69) is 0 Å². The van der Waals surface area contributed by atoms with Crippen LogP contribution in [-0.2, 0) is 20.2 Å². The van der Waals surface area contributed by atoms with Gasteiger partial charge in [0, 0.05) is 6.07 Å². The second kappa shape index (κ2) is 11.0. The van der Waals surface area contributed by atoms with E-state index in [0.717, 1.165) is 0 Å². The molecule has 1 aromatic rings. The summed E-state index contributed by atoms with van der Waals surface area (Å²) in [7, 11) is -10.7. The molecule has 0 aromatic heterocycles. The summed E-state index contributed by atoms with van der Waals surface area (Å²) in [5.74, 6) is -1.78. The first kappa shape index (κ1) is 28.9. The molecule has 0 aliphatic heterocycles. The third kappa shape index (κ3) is 8.38. The van der Waals surface area contributed by atoms with Crippen molar-refractivity contribution in [3.05, 3.63) is 22.2 Å². The molecule has 0 unspecified atom stereocenters. The van der Waals surface area contributed by atoms with Gasteiger partial charge in [0.2, 0.25) is 0 Å². The maximum Gasteiger partial charge on any atom is 1.00 e. The van der Waals surface area contributed by atoms with Gasteiger partial charge in [-0.3, -0.25) is 10.1 Å². The maximum absolute atomic E-state index is 11.2. The van der Waals surface area contributed by atoms with Crippen LogP contribution in [0.1, 0.15) is 0 Å². The smallest absolute Gasteiger partial charge is 0.867 e. The third-order valence-electron chi connectivity index (χ3n) is 1.76. The van der Waals surface area contributed by atoms with Gasteiger partial charge in [-0.2, -0.15) is 0 Å². The molecule has 0 atom stereocenters. The van der Waals surface area contributed by atoms with E-state index in [1.165, 1.54) is 0 Å². The average molecular weight is 414 g/mol. The number of hydrogen-bond acceptors (Lipinski definition) is 9. The number of nitrogens with zero attached hydrogens (tertiary/aromatic N) is 1. The van der Waals surface area contributed by atoms with Gasteiger partial charge in [0.15, 0.2) is 0 Å². The Morgan fingerprint density at radius 3 is 1.62 bits per heavy atom. The maximum atomic E-state index is 11.2. The Hall–Kier alpha value is 3.15. The van der Waals surface area contributed by atoms with Crippen molar-refractivity contribution in [1.82, 2.24) is 0 Å². The van der Waals surface area contributed by atoms with Crippen LogP contribution < -0.4 is 159 Å². The Labute approximate surface area is 247 Å². The fourth-order valence-electron chi connectivity index (χ4n) is 1.03. The van der Waals surface area contributed by atoms with Crippen molar-refractivity contribution in [1.29, 1.82) is 0 Å². The zero-order valence-corrected chi connectivity index (χ0v) is 22.1. The van der Waals surface area contributed by atoms with Gasteiger partial charge in [0.1, 0.15) is 20.2 Å². The number of benzene rings is 1. The molecule has 0 amide bonds. The molecule has 0 radical (unpaired) electrons. The molecule has 0 N–H and O–H groups in total. The van der Waals surface area contributed by atoms with Crippen LogP contribution in [0.4, 0.5) is 5.69 Å². The molecular weight excluding hydrogens is 411 g/mol. The van der Waals surface area contributed by atoms with Crippen molar-refractivity contribution in [3.8, 4) is 5.75 Å². The van der Waals surface area contributed by atoms with Crippen molar-refractivity contribution in [3.63, 3.8) is 0 Å². The molecule has 1 rings (SSSR count). The van der Waals surface area contributed by atoms with Gasteiger partial charge in [-0.25, -0.2) is 16.8 Å². The van der Waals surface area contributed by atoms with E-state index in [1.54, 1.807) is 0 Å². The molecule has 0 saturated carbocycles. The largest absolute Gasteiger partial charge is 1.00 e. The summed E-state index contributed by atoms with van der Waals surface area (Å²) < 4.78 is 63.8. The minimum Gasteiger partial charge on any atom is -0.867 e. The Morgan fingerprint density at radius 2 is 1.33 bits per heavy atom. The minimum atomic E-state index is -5.44. The van der Waals surface area contributed by atoms with E-state index in [9.17, 15) is 41.2 Å². The van der Waals surface area contributed by atoms with E-state index in [-0.39, 0.29) is 166 Å². The summed E-state index contributed by atoms with van der Waals surface area (Å²) in [6.07, 6.45) is 0. The average Bonchev–Trinajstić information content (AvgIpc) is 2.13. The van der Waals surface area contributed by atoms with Crippen LogP contribution in [-0.4, -0.2) is 30.9 Å². The van der Waals surface area contributed by atoms with Gasteiger partial charge in [0.25, 0.3) is 5.69 Å². The second-order valence-electron chi connectivity index (χ2n) is 2.94. The van der Waals surface area contributed by atoms with Crippen LogP contribution in [0.25, 0.3) is 0 Å². The monoisotopic (exact) mass is 413 g/mol. The Morgan fingerprint density at radius 1 is 0.905 bits per heavy atom. The molecule has 0 saturated heterocycles. The summed E-state index contributed by atoms with van der Waals surface area (Å²) in [4.78, 5) is 5.99. The fraction of sp³-hybridized carbons (Fsp3) is 0. The molecule has 0 bridgehead atoms. The number of rotatable bonds is 3. The van der Waals surface area contributed by atoms with Gasteiger partial charge < -0.3 is 14.2 Å². The van der Waals surface area contributed by atoms with Crippen molar-refractivity contribution >= 4 is 25.9 Å². The predicted octanol–water partition coefficient (Wildman–Crippen LogP) is -10.5. The number of nitro groups is 1. The first-order valence-electron chi connectivity index (χ1n) is 3.86. The third-order valence-corrected chi connectivity index (χ3v) is 3.42. The molecule has 0 fully saturated rings. The molecule has 0 aliphatic rings. The minimum absolute atomic E-state index is 0. The molecular formula is C6H2K3NO9S2. The standard InChI is InChI=1S/C6H5NO9S2.3K/c8-6-4(7(9)10)1-3(17(11,12)13)2-5(6)18(14,15)16;;;/h1-2,8H,(H,11,12,13)(H,14,15,16);;;/q;3*+1/p-3. The zero-order chi connectivity index (χ0) is 14.3. The van der Waals surface area contributed by atoms with Crippen LogP contribution in [0, 0.1) is 10.1 Å². The molecule has 0 spiro atoms. The Balaban J connectivity index is -0.00000108. The van der Waals surface area contributed by atoms with Crippen LogP contribution in [0.2, 0.25) is 0 Å². The molecule has 100 valence electrons. The van der Waals surface area contributed by atoms with Crippen LogP contribution in [0.5, 0.6) is 5.75 Å². The summed E-state index contributed by atoms with van der Waals surface area (Å²) in [5, 5.41) is 21.6. The van der Waals surface area contributed by atoms with Gasteiger partial charge in [0.05, 0.1) is 14.7 Å². The van der Waals surface area contributed by atoms with E-state index < -0.39 is 46.4 Å². The van der Waals surface area contributed by atoms with Crippen LogP contribution in [0.15, 0.2) is 21.9 Å². The van der Waals surface area contributed by atoms with Crippen molar-refractivity contribution in [2.75, 3.05) is 0 Å². The molecule has 0 heterocycles. The van der Waals surface area contributed by atoms with E-state index in [0.29, 0.717) is 0 Å². The number of hydrogen-bond donors (Lipinski definition) is 0. The van der Waals surface area contributed by atoms with Gasteiger partial charge in [-0.15, -0.1) is 0 Å². The molecule has 15 heteroatoms. The summed E-state index contributed by atoms with van der Waals surface area (Å²) in [6, 6.07) is 0.0966. The molecule has 10 nitrogen and oxygen atoms in total. The summed E-state index contributed by atoms with van der Waals surface area (Å²) in [6.45, 7) is 0. The van der Waals surface area contributed by atoms with Gasteiger partial charge >= 0.3 is 154 Å². The predicted molar refractivity (Wildman–Crippen MR) is 48.5 cm³/mol. The van der Waals surface area contributed by atoms with Crippen molar-refractivity contribution in [2.45, 2.75) is 9.79 Å². The first-order chi connectivity index (χ1) is 7.94. The Kier molecular flexibility index (Phi) is 15.1. The van der Waals surface area contributed by atoms with Crippen LogP contribution >= 0.6 is 0 Å². The summed E-state index contributed by atoms with van der Waals surface area (Å²) >= 11 is 0. The fourth-order valence-corrected chi connectivity index (χ4v) is 2.22. The van der Waals surface area contributed by atoms with E-state index >= 15 is 0 Å². The van der Waals surface area contributed by atoms with E-state index in [4.69, 9.17) is 0 Å². The summed E-state index contributed by atoms with van der Waals surface area (Å²) in [5.41, 5.74) is -1.48. The number of nitro benzene ring substituents is 1. The molecule has 0 aliphatic carbocycles. The van der Waals surface area contributed by atoms with Gasteiger partial charge in [-0.05, 0) is 11.8 Å². The quantitative estimate of drug-likeness (QED) is 0.201. The zero-order valence-electron chi connectivity index (χ0n) is 11.1. The van der Waals surface area contributed by atoms with Crippen molar-refractivity contribution < 1.29 is 190 Å². The van der Waals surface area contributed by atoms with Gasteiger partial charge in [-0.1, -0.05) is 0 Å². The van der Waals surface area contributed by atoms with E-state index in [1.807, 2.05) is 0 Å². The van der Waals surface area contributed by atoms with Crippen LogP contribution in [0.3, 0.4) is 0 Å². The molecule has 21 heavy (non-hydrogen) atoms. The SMILES string of the molecule is O=[N+]([O-])c1cc(S(=O)(=O)[O-])cc(S(=O)(=O)[O-])c1[O-].[K+].[K+].[K+]. The Bertz CT molecular complexity index is 730. The topological polar surface area (TPSA) is 181 Å². The van der Waals surface area contributed by atoms with Crippen molar-refractivity contribution in [2.24, 2.45) is 0 Å². The normalized spacial score (nSPS) is 10.6.